The highest BCUT2D eigenvalue weighted by molar-refractivity contribution is 9.10. The molecule has 1 amide bonds. The number of hydrogen-bond donors (Lipinski definition) is 1. The van der Waals surface area contributed by atoms with Crippen molar-refractivity contribution in [3.05, 3.63) is 58.8 Å². The molecule has 0 atom stereocenters. The highest BCUT2D eigenvalue weighted by Gasteiger charge is 2.24. The minimum absolute atomic E-state index is 0.00330. The van der Waals surface area contributed by atoms with Crippen LogP contribution in [0.5, 0.6) is 0 Å². The molecule has 31 heavy (non-hydrogen) atoms. The Hall–Kier alpha value is -2.21. The van der Waals surface area contributed by atoms with Gasteiger partial charge in [0.1, 0.15) is 10.8 Å². The number of anilines is 1. The van der Waals surface area contributed by atoms with Crippen LogP contribution in [0, 0.1) is 5.82 Å². The first-order valence-electron chi connectivity index (χ1n) is 9.44. The van der Waals surface area contributed by atoms with Gasteiger partial charge in [0.2, 0.25) is 21.1 Å². The van der Waals surface area contributed by atoms with Gasteiger partial charge in [0.15, 0.2) is 0 Å². The van der Waals surface area contributed by atoms with Crippen LogP contribution in [0.25, 0.3) is 10.6 Å². The molecule has 3 rings (SSSR count). The van der Waals surface area contributed by atoms with Gasteiger partial charge in [-0.1, -0.05) is 46.3 Å². The van der Waals surface area contributed by atoms with Crippen molar-refractivity contribution in [3.63, 3.8) is 0 Å². The molecule has 1 heterocycles. The third-order valence-electron chi connectivity index (χ3n) is 4.26. The highest BCUT2D eigenvalue weighted by atomic mass is 79.9. The molecule has 3 aromatic rings. The number of benzene rings is 2. The monoisotopic (exact) mass is 526 g/mol. The van der Waals surface area contributed by atoms with E-state index in [1.807, 2.05) is 31.2 Å². The van der Waals surface area contributed by atoms with E-state index in [1.54, 1.807) is 0 Å². The van der Waals surface area contributed by atoms with Crippen LogP contribution >= 0.6 is 27.3 Å². The van der Waals surface area contributed by atoms with Gasteiger partial charge >= 0.3 is 0 Å². The average molecular weight is 527 g/mol. The Morgan fingerprint density at radius 1 is 1.16 bits per heavy atom. The van der Waals surface area contributed by atoms with Crippen LogP contribution in [0.3, 0.4) is 0 Å². The molecule has 0 saturated carbocycles. The van der Waals surface area contributed by atoms with Crippen molar-refractivity contribution in [3.8, 4) is 10.6 Å². The smallest absolute Gasteiger partial charge is 0.243 e. The van der Waals surface area contributed by atoms with E-state index < -0.39 is 15.8 Å². The zero-order chi connectivity index (χ0) is 22.4. The topological polar surface area (TPSA) is 92.3 Å². The molecule has 7 nitrogen and oxygen atoms in total. The fourth-order valence-corrected chi connectivity index (χ4v) is 5.47. The molecule has 164 valence electrons. The fraction of sp³-hybridized carbons (Fsp3) is 0.250. The van der Waals surface area contributed by atoms with Gasteiger partial charge in [0.05, 0.1) is 4.90 Å². The summed E-state index contributed by atoms with van der Waals surface area (Å²) in [5.41, 5.74) is 0.867. The summed E-state index contributed by atoms with van der Waals surface area (Å²) in [6.07, 6.45) is 0.528. The first-order valence-corrected chi connectivity index (χ1v) is 12.5. The first-order chi connectivity index (χ1) is 14.8. The highest BCUT2D eigenvalue weighted by Crippen LogP contribution is 2.28. The van der Waals surface area contributed by atoms with Gasteiger partial charge in [-0.25, -0.2) is 12.8 Å². The largest absolute Gasteiger partial charge is 0.300 e. The Kier molecular flexibility index (Phi) is 7.87. The Morgan fingerprint density at radius 2 is 1.90 bits per heavy atom. The standard InChI is InChI=1S/C20H20BrFN4O3S2/c1-2-11-26(31(28,29)17-8-6-16(22)7-9-17)12-10-18(27)23-20-25-24-19(30-20)14-4-3-5-15(21)13-14/h3-9,13H,2,10-12H2,1H3,(H,23,25,27). The van der Waals surface area contributed by atoms with Crippen molar-refractivity contribution in [1.82, 2.24) is 14.5 Å². The predicted octanol–water partition coefficient (Wildman–Crippen LogP) is 4.54. The van der Waals surface area contributed by atoms with Gasteiger partial charge in [-0.05, 0) is 42.8 Å². The second-order valence-corrected chi connectivity index (χ2v) is 10.4. The van der Waals surface area contributed by atoms with Gasteiger partial charge in [-0.2, -0.15) is 4.31 Å². The normalized spacial score (nSPS) is 11.6. The number of halogens is 2. The lowest BCUT2D eigenvalue weighted by atomic mass is 10.2. The number of aromatic nitrogens is 2. The number of rotatable bonds is 9. The van der Waals surface area contributed by atoms with Crippen molar-refractivity contribution in [2.75, 3.05) is 18.4 Å². The molecule has 0 fully saturated rings. The van der Waals surface area contributed by atoms with Crippen LogP contribution in [-0.2, 0) is 14.8 Å². The molecule has 1 N–H and O–H groups in total. The maximum atomic E-state index is 13.1. The van der Waals surface area contributed by atoms with E-state index in [4.69, 9.17) is 0 Å². The maximum Gasteiger partial charge on any atom is 0.243 e. The molecule has 2 aromatic carbocycles. The molecular weight excluding hydrogens is 507 g/mol. The molecule has 0 unspecified atom stereocenters. The Labute approximate surface area is 192 Å². The van der Waals surface area contributed by atoms with E-state index in [-0.39, 0.29) is 30.3 Å². The van der Waals surface area contributed by atoms with Gasteiger partial charge in [0.25, 0.3) is 0 Å². The van der Waals surface area contributed by atoms with E-state index in [2.05, 4.69) is 31.4 Å². The molecule has 1 aromatic heterocycles. The maximum absolute atomic E-state index is 13.1. The Balaban J connectivity index is 1.63. The van der Waals surface area contributed by atoms with Gasteiger partial charge < -0.3 is 5.32 Å². The number of amides is 1. The zero-order valence-corrected chi connectivity index (χ0v) is 19.8. The van der Waals surface area contributed by atoms with Crippen molar-refractivity contribution >= 4 is 48.3 Å². The van der Waals surface area contributed by atoms with E-state index in [0.717, 1.165) is 22.2 Å². The molecule has 11 heteroatoms. The number of sulfonamides is 1. The van der Waals surface area contributed by atoms with Crippen LogP contribution in [0.4, 0.5) is 9.52 Å². The summed E-state index contributed by atoms with van der Waals surface area (Å²) in [6, 6.07) is 12.2. The molecule has 0 radical (unpaired) electrons. The van der Waals surface area contributed by atoms with Crippen molar-refractivity contribution in [2.24, 2.45) is 0 Å². The quantitative estimate of drug-likeness (QED) is 0.441. The summed E-state index contributed by atoms with van der Waals surface area (Å²) in [7, 11) is -3.83. The SMILES string of the molecule is CCCN(CCC(=O)Nc1nnc(-c2cccc(Br)c2)s1)S(=O)(=O)c1ccc(F)cc1. The van der Waals surface area contributed by atoms with Crippen LogP contribution in [0.1, 0.15) is 19.8 Å². The summed E-state index contributed by atoms with van der Waals surface area (Å²) < 4.78 is 41.0. The third kappa shape index (κ3) is 6.16. The van der Waals surface area contributed by atoms with Gasteiger partial charge in [0, 0.05) is 29.5 Å². The average Bonchev–Trinajstić information content (AvgIpc) is 3.19. The molecule has 0 saturated heterocycles. The number of hydrogen-bond acceptors (Lipinski definition) is 6. The van der Waals surface area contributed by atoms with Gasteiger partial charge in [-0.15, -0.1) is 10.2 Å². The van der Waals surface area contributed by atoms with E-state index in [9.17, 15) is 17.6 Å². The lowest BCUT2D eigenvalue weighted by Crippen LogP contribution is -2.34. The number of nitrogens with one attached hydrogen (secondary N) is 1. The van der Waals surface area contributed by atoms with Crippen LogP contribution in [0.2, 0.25) is 0 Å². The fourth-order valence-electron chi connectivity index (χ4n) is 2.78. The summed E-state index contributed by atoms with van der Waals surface area (Å²) in [6.45, 7) is 2.09. The predicted molar refractivity (Wildman–Crippen MR) is 122 cm³/mol. The number of nitrogens with zero attached hydrogens (tertiary/aromatic N) is 3. The van der Waals surface area contributed by atoms with E-state index >= 15 is 0 Å². The molecule has 0 aliphatic rings. The zero-order valence-electron chi connectivity index (χ0n) is 16.6. The van der Waals surface area contributed by atoms with Crippen LogP contribution in [-0.4, -0.2) is 41.9 Å². The summed E-state index contributed by atoms with van der Waals surface area (Å²) in [4.78, 5) is 12.4. The molecule has 0 spiro atoms. The first kappa shape index (κ1) is 23.5. The summed E-state index contributed by atoms with van der Waals surface area (Å²) >= 11 is 4.63. The lowest BCUT2D eigenvalue weighted by molar-refractivity contribution is -0.116. The third-order valence-corrected chi connectivity index (χ3v) is 7.55. The molecular formula is C20H20BrFN4O3S2. The van der Waals surface area contributed by atoms with Crippen molar-refractivity contribution in [2.45, 2.75) is 24.7 Å². The Bertz CT molecular complexity index is 1150. The minimum Gasteiger partial charge on any atom is -0.300 e. The second-order valence-electron chi connectivity index (χ2n) is 6.58. The summed E-state index contributed by atoms with van der Waals surface area (Å²) in [5.74, 6) is -0.882. The molecule has 0 bridgehead atoms. The van der Waals surface area contributed by atoms with Gasteiger partial charge in [-0.3, -0.25) is 4.79 Å². The van der Waals surface area contributed by atoms with Crippen LogP contribution < -0.4 is 5.32 Å². The molecule has 0 aliphatic carbocycles. The molecule has 0 aliphatic heterocycles. The minimum atomic E-state index is -3.83. The van der Waals surface area contributed by atoms with Crippen LogP contribution in [0.15, 0.2) is 57.9 Å². The van der Waals surface area contributed by atoms with Crippen molar-refractivity contribution < 1.29 is 17.6 Å². The second kappa shape index (κ2) is 10.4. The van der Waals surface area contributed by atoms with E-state index in [1.165, 1.54) is 27.8 Å². The number of carbonyl (C=O) groups is 1. The van der Waals surface area contributed by atoms with E-state index in [0.29, 0.717) is 16.6 Å². The Morgan fingerprint density at radius 3 is 2.58 bits per heavy atom. The summed E-state index contributed by atoms with van der Waals surface area (Å²) in [5, 5.41) is 11.7. The van der Waals surface area contributed by atoms with Crippen molar-refractivity contribution in [1.29, 1.82) is 0 Å². The number of carbonyl (C=O) groups excluding carboxylic acids is 1. The lowest BCUT2D eigenvalue weighted by Gasteiger charge is -2.21.